The summed E-state index contributed by atoms with van der Waals surface area (Å²) in [5.74, 6) is -1.13. The highest BCUT2D eigenvalue weighted by Crippen LogP contribution is 2.31. The van der Waals surface area contributed by atoms with Gasteiger partial charge in [0.2, 0.25) is 0 Å². The van der Waals surface area contributed by atoms with E-state index in [1.165, 1.54) is 11.3 Å². The molecule has 0 atom stereocenters. The standard InChI is InChI=1S/C14H12N2O3S/c17-13(11-7-20-8-15-11)16-6-2-4-9-10(14(18)19)3-1-5-12(9)16/h1,3,5,7-8H,2,4,6H2,(H,18,19). The lowest BCUT2D eigenvalue weighted by molar-refractivity contribution is 0.0695. The van der Waals surface area contributed by atoms with Crippen LogP contribution in [0.5, 0.6) is 0 Å². The molecule has 0 bridgehead atoms. The average Bonchev–Trinajstić information content (AvgIpc) is 2.99. The SMILES string of the molecule is O=C(O)c1cccc2c1CCCN2C(=O)c1cscn1. The van der Waals surface area contributed by atoms with Crippen LogP contribution in [0, 0.1) is 0 Å². The van der Waals surface area contributed by atoms with E-state index in [0.717, 1.165) is 12.0 Å². The molecule has 3 rings (SSSR count). The van der Waals surface area contributed by atoms with Gasteiger partial charge in [-0.2, -0.15) is 0 Å². The lowest BCUT2D eigenvalue weighted by atomic mass is 9.96. The van der Waals surface area contributed by atoms with Crippen molar-refractivity contribution in [3.05, 3.63) is 45.9 Å². The minimum Gasteiger partial charge on any atom is -0.478 e. The fourth-order valence-electron chi connectivity index (χ4n) is 2.49. The number of thiazole rings is 1. The van der Waals surface area contributed by atoms with E-state index in [1.54, 1.807) is 34.0 Å². The van der Waals surface area contributed by atoms with Crippen molar-refractivity contribution in [2.45, 2.75) is 12.8 Å². The fraction of sp³-hybridized carbons (Fsp3) is 0.214. The number of rotatable bonds is 2. The Balaban J connectivity index is 2.05. The van der Waals surface area contributed by atoms with Crippen LogP contribution in [-0.2, 0) is 6.42 Å². The number of carbonyl (C=O) groups is 2. The van der Waals surface area contributed by atoms with E-state index >= 15 is 0 Å². The topological polar surface area (TPSA) is 70.5 Å². The number of carboxylic acids is 1. The van der Waals surface area contributed by atoms with Crippen LogP contribution in [0.3, 0.4) is 0 Å². The Hall–Kier alpha value is -2.21. The first-order valence-electron chi connectivity index (χ1n) is 6.23. The number of carbonyl (C=O) groups excluding carboxylic acids is 1. The van der Waals surface area contributed by atoms with E-state index in [2.05, 4.69) is 4.98 Å². The molecule has 1 N–H and O–H groups in total. The van der Waals surface area contributed by atoms with Crippen molar-refractivity contribution in [1.82, 2.24) is 4.98 Å². The summed E-state index contributed by atoms with van der Waals surface area (Å²) >= 11 is 1.37. The number of hydrogen-bond donors (Lipinski definition) is 1. The van der Waals surface area contributed by atoms with Gasteiger partial charge in [0.15, 0.2) is 0 Å². The smallest absolute Gasteiger partial charge is 0.336 e. The number of anilines is 1. The van der Waals surface area contributed by atoms with E-state index < -0.39 is 5.97 Å². The molecule has 5 nitrogen and oxygen atoms in total. The molecule has 2 heterocycles. The highest BCUT2D eigenvalue weighted by atomic mass is 32.1. The molecule has 1 amide bonds. The number of aromatic nitrogens is 1. The molecule has 0 radical (unpaired) electrons. The second-order valence-electron chi connectivity index (χ2n) is 4.54. The summed E-state index contributed by atoms with van der Waals surface area (Å²) in [5, 5.41) is 10.9. The van der Waals surface area contributed by atoms with Gasteiger partial charge in [-0.05, 0) is 30.5 Å². The van der Waals surface area contributed by atoms with Crippen molar-refractivity contribution < 1.29 is 14.7 Å². The quantitative estimate of drug-likeness (QED) is 0.921. The van der Waals surface area contributed by atoms with Crippen molar-refractivity contribution in [2.24, 2.45) is 0 Å². The molecule has 0 aliphatic carbocycles. The summed E-state index contributed by atoms with van der Waals surface area (Å²) in [5.41, 5.74) is 3.72. The van der Waals surface area contributed by atoms with Gasteiger partial charge in [-0.15, -0.1) is 11.3 Å². The van der Waals surface area contributed by atoms with Crippen LogP contribution in [-0.4, -0.2) is 28.5 Å². The molecule has 1 aromatic heterocycles. The number of benzene rings is 1. The molecule has 1 aromatic carbocycles. The zero-order chi connectivity index (χ0) is 14.1. The van der Waals surface area contributed by atoms with Crippen molar-refractivity contribution in [3.63, 3.8) is 0 Å². The third-order valence-corrected chi connectivity index (χ3v) is 3.96. The van der Waals surface area contributed by atoms with Crippen LogP contribution >= 0.6 is 11.3 Å². The van der Waals surface area contributed by atoms with Gasteiger partial charge in [0.05, 0.1) is 11.1 Å². The molecule has 1 aliphatic rings. The molecule has 6 heteroatoms. The van der Waals surface area contributed by atoms with Crippen molar-refractivity contribution in [2.75, 3.05) is 11.4 Å². The van der Waals surface area contributed by atoms with Gasteiger partial charge in [-0.1, -0.05) is 6.07 Å². The normalized spacial score (nSPS) is 13.9. The molecule has 0 saturated carbocycles. The third kappa shape index (κ3) is 2.08. The van der Waals surface area contributed by atoms with Gasteiger partial charge in [-0.25, -0.2) is 9.78 Å². The van der Waals surface area contributed by atoms with Crippen molar-refractivity contribution in [3.8, 4) is 0 Å². The van der Waals surface area contributed by atoms with Gasteiger partial charge >= 0.3 is 5.97 Å². The molecular formula is C14H12N2O3S. The Bertz CT molecular complexity index is 667. The third-order valence-electron chi connectivity index (χ3n) is 3.38. The Morgan fingerprint density at radius 2 is 2.20 bits per heavy atom. The summed E-state index contributed by atoms with van der Waals surface area (Å²) in [6.07, 6.45) is 1.44. The van der Waals surface area contributed by atoms with Crippen LogP contribution in [0.2, 0.25) is 0 Å². The summed E-state index contributed by atoms with van der Waals surface area (Å²) < 4.78 is 0. The Labute approximate surface area is 119 Å². The van der Waals surface area contributed by atoms with E-state index in [9.17, 15) is 14.7 Å². The maximum absolute atomic E-state index is 12.4. The van der Waals surface area contributed by atoms with Gasteiger partial charge in [0.1, 0.15) is 5.69 Å². The first-order valence-corrected chi connectivity index (χ1v) is 7.18. The summed E-state index contributed by atoms with van der Waals surface area (Å²) in [6, 6.07) is 5.05. The largest absolute Gasteiger partial charge is 0.478 e. The number of carboxylic acid groups (broad SMARTS) is 1. The molecule has 0 fully saturated rings. The molecule has 2 aromatic rings. The van der Waals surface area contributed by atoms with Gasteiger partial charge in [0, 0.05) is 17.6 Å². The maximum atomic E-state index is 12.4. The Morgan fingerprint density at radius 3 is 2.90 bits per heavy atom. The lowest BCUT2D eigenvalue weighted by Crippen LogP contribution is -2.36. The number of nitrogens with zero attached hydrogens (tertiary/aromatic N) is 2. The van der Waals surface area contributed by atoms with Crippen LogP contribution in [0.15, 0.2) is 29.1 Å². The van der Waals surface area contributed by atoms with Crippen molar-refractivity contribution in [1.29, 1.82) is 0 Å². The average molecular weight is 288 g/mol. The molecule has 0 unspecified atom stereocenters. The zero-order valence-corrected chi connectivity index (χ0v) is 11.4. The number of aromatic carboxylic acids is 1. The minimum absolute atomic E-state index is 0.172. The van der Waals surface area contributed by atoms with Gasteiger partial charge < -0.3 is 10.0 Å². The fourth-order valence-corrected chi connectivity index (χ4v) is 3.02. The monoisotopic (exact) mass is 288 g/mol. The second kappa shape index (κ2) is 5.05. The van der Waals surface area contributed by atoms with Gasteiger partial charge in [0.25, 0.3) is 5.91 Å². The van der Waals surface area contributed by atoms with Gasteiger partial charge in [-0.3, -0.25) is 4.79 Å². The van der Waals surface area contributed by atoms with E-state index in [1.807, 2.05) is 0 Å². The molecule has 20 heavy (non-hydrogen) atoms. The highest BCUT2D eigenvalue weighted by Gasteiger charge is 2.27. The number of fused-ring (bicyclic) bond motifs is 1. The Kier molecular flexibility index (Phi) is 3.23. The molecular weight excluding hydrogens is 276 g/mol. The summed E-state index contributed by atoms with van der Waals surface area (Å²) in [6.45, 7) is 0.590. The lowest BCUT2D eigenvalue weighted by Gasteiger charge is -2.29. The molecule has 1 aliphatic heterocycles. The Morgan fingerprint density at radius 1 is 1.35 bits per heavy atom. The second-order valence-corrected chi connectivity index (χ2v) is 5.26. The first kappa shape index (κ1) is 12.8. The van der Waals surface area contributed by atoms with Crippen LogP contribution in [0.1, 0.15) is 32.8 Å². The van der Waals surface area contributed by atoms with E-state index in [-0.39, 0.29) is 11.5 Å². The minimum atomic E-state index is -0.954. The van der Waals surface area contributed by atoms with Crippen LogP contribution in [0.4, 0.5) is 5.69 Å². The van der Waals surface area contributed by atoms with E-state index in [4.69, 9.17) is 0 Å². The predicted molar refractivity (Wildman–Crippen MR) is 75.5 cm³/mol. The highest BCUT2D eigenvalue weighted by molar-refractivity contribution is 7.07. The predicted octanol–water partition coefficient (Wildman–Crippen LogP) is 2.43. The summed E-state index contributed by atoms with van der Waals surface area (Å²) in [4.78, 5) is 29.3. The van der Waals surface area contributed by atoms with Crippen LogP contribution < -0.4 is 4.90 Å². The molecule has 0 saturated heterocycles. The first-order chi connectivity index (χ1) is 9.68. The van der Waals surface area contributed by atoms with Crippen LogP contribution in [0.25, 0.3) is 0 Å². The van der Waals surface area contributed by atoms with E-state index in [0.29, 0.717) is 24.3 Å². The molecule has 0 spiro atoms. The number of hydrogen-bond acceptors (Lipinski definition) is 4. The maximum Gasteiger partial charge on any atom is 0.336 e. The summed E-state index contributed by atoms with van der Waals surface area (Å²) in [7, 11) is 0. The number of amides is 1. The molecule has 102 valence electrons. The zero-order valence-electron chi connectivity index (χ0n) is 10.6. The van der Waals surface area contributed by atoms with Crippen molar-refractivity contribution >= 4 is 28.9 Å².